The zero-order valence-corrected chi connectivity index (χ0v) is 14.5. The summed E-state index contributed by atoms with van der Waals surface area (Å²) in [6, 6.07) is 7.47. The van der Waals surface area contributed by atoms with Gasteiger partial charge in [0.15, 0.2) is 11.5 Å². The van der Waals surface area contributed by atoms with Crippen molar-refractivity contribution in [2.75, 3.05) is 33.1 Å². The molecule has 1 amide bonds. The molecule has 1 atom stereocenters. The molecule has 0 radical (unpaired) electrons. The van der Waals surface area contributed by atoms with Gasteiger partial charge in [-0.1, -0.05) is 0 Å². The van der Waals surface area contributed by atoms with Crippen LogP contribution in [-0.4, -0.2) is 50.0 Å². The highest BCUT2D eigenvalue weighted by Gasteiger charge is 2.25. The van der Waals surface area contributed by atoms with E-state index in [9.17, 15) is 4.79 Å². The van der Waals surface area contributed by atoms with E-state index in [2.05, 4.69) is 0 Å². The molecule has 4 rings (SSSR count). The molecule has 25 heavy (non-hydrogen) atoms. The van der Waals surface area contributed by atoms with E-state index < -0.39 is 0 Å². The van der Waals surface area contributed by atoms with Gasteiger partial charge in [-0.2, -0.15) is 11.3 Å². The second kappa shape index (κ2) is 7.33. The normalized spacial score (nSPS) is 19.0. The molecule has 0 saturated carbocycles. The summed E-state index contributed by atoms with van der Waals surface area (Å²) < 4.78 is 22.2. The molecule has 0 aliphatic carbocycles. The maximum absolute atomic E-state index is 12.4. The van der Waals surface area contributed by atoms with Gasteiger partial charge in [-0.05, 0) is 34.5 Å². The lowest BCUT2D eigenvalue weighted by atomic mass is 10.2. The van der Waals surface area contributed by atoms with Crippen molar-refractivity contribution in [2.45, 2.75) is 12.5 Å². The highest BCUT2D eigenvalue weighted by Crippen LogP contribution is 2.35. The third kappa shape index (κ3) is 3.88. The molecule has 1 aromatic heterocycles. The number of hydrogen-bond acceptors (Lipinski definition) is 6. The van der Waals surface area contributed by atoms with Crippen molar-refractivity contribution in [2.24, 2.45) is 0 Å². The molecule has 6 nitrogen and oxygen atoms in total. The quantitative estimate of drug-likeness (QED) is 0.818. The third-order valence-corrected chi connectivity index (χ3v) is 4.94. The summed E-state index contributed by atoms with van der Waals surface area (Å²) in [4.78, 5) is 14.3. The summed E-state index contributed by atoms with van der Waals surface area (Å²) in [5.74, 6) is 2.26. The molecular weight excluding hydrogens is 342 g/mol. The number of thiophene rings is 1. The van der Waals surface area contributed by atoms with Crippen LogP contribution in [0.1, 0.15) is 5.56 Å². The highest BCUT2D eigenvalue weighted by atomic mass is 32.1. The minimum Gasteiger partial charge on any atom is -0.491 e. The van der Waals surface area contributed by atoms with Gasteiger partial charge >= 0.3 is 0 Å². The van der Waals surface area contributed by atoms with Crippen LogP contribution in [0.3, 0.4) is 0 Å². The molecule has 3 heterocycles. The van der Waals surface area contributed by atoms with Crippen molar-refractivity contribution in [3.8, 4) is 17.2 Å². The lowest BCUT2D eigenvalue weighted by molar-refractivity contribution is -0.139. The van der Waals surface area contributed by atoms with Gasteiger partial charge < -0.3 is 23.8 Å². The number of carbonyl (C=O) groups is 1. The van der Waals surface area contributed by atoms with E-state index >= 15 is 0 Å². The van der Waals surface area contributed by atoms with E-state index in [0.29, 0.717) is 44.2 Å². The van der Waals surface area contributed by atoms with Crippen LogP contribution in [0.2, 0.25) is 0 Å². The maximum Gasteiger partial charge on any atom is 0.231 e. The first-order chi connectivity index (χ1) is 12.3. The molecule has 7 heteroatoms. The largest absolute Gasteiger partial charge is 0.491 e. The number of hydrogen-bond donors (Lipinski definition) is 0. The summed E-state index contributed by atoms with van der Waals surface area (Å²) in [5, 5.41) is 4.00. The Kier molecular flexibility index (Phi) is 4.76. The zero-order chi connectivity index (χ0) is 17.1. The van der Waals surface area contributed by atoms with Crippen molar-refractivity contribution in [3.05, 3.63) is 40.6 Å². The lowest BCUT2D eigenvalue weighted by Crippen LogP contribution is -2.48. The number of benzene rings is 1. The Morgan fingerprint density at radius 1 is 1.28 bits per heavy atom. The summed E-state index contributed by atoms with van der Waals surface area (Å²) in [6.45, 7) is 2.34. The van der Waals surface area contributed by atoms with E-state index in [1.165, 1.54) is 0 Å². The third-order valence-electron chi connectivity index (χ3n) is 4.21. The van der Waals surface area contributed by atoms with Crippen LogP contribution >= 0.6 is 11.3 Å². The molecule has 0 bridgehead atoms. The monoisotopic (exact) mass is 361 g/mol. The highest BCUT2D eigenvalue weighted by molar-refractivity contribution is 7.08. The predicted molar refractivity (Wildman–Crippen MR) is 92.4 cm³/mol. The second-order valence-corrected chi connectivity index (χ2v) is 6.75. The average Bonchev–Trinajstić information content (AvgIpc) is 3.31. The van der Waals surface area contributed by atoms with Gasteiger partial charge in [-0.15, -0.1) is 0 Å². The summed E-state index contributed by atoms with van der Waals surface area (Å²) in [7, 11) is 0. The fraction of sp³-hybridized carbons (Fsp3) is 0.389. The maximum atomic E-state index is 12.4. The van der Waals surface area contributed by atoms with E-state index in [4.69, 9.17) is 18.9 Å². The van der Waals surface area contributed by atoms with Gasteiger partial charge in [-0.25, -0.2) is 0 Å². The van der Waals surface area contributed by atoms with Gasteiger partial charge in [0.1, 0.15) is 18.5 Å². The SMILES string of the molecule is O=C(Cc1ccsc1)N1CCOC(COc2ccc3c(c2)OCO3)C1. The number of rotatable bonds is 5. The first kappa shape index (κ1) is 16.2. The first-order valence-electron chi connectivity index (χ1n) is 8.21. The molecule has 1 unspecified atom stereocenters. The van der Waals surface area contributed by atoms with Crippen LogP contribution in [0, 0.1) is 0 Å². The fourth-order valence-corrected chi connectivity index (χ4v) is 3.55. The smallest absolute Gasteiger partial charge is 0.231 e. The lowest BCUT2D eigenvalue weighted by Gasteiger charge is -2.32. The molecule has 1 saturated heterocycles. The van der Waals surface area contributed by atoms with E-state index in [1.54, 1.807) is 11.3 Å². The standard InChI is InChI=1S/C18H19NO5S/c20-18(7-13-3-6-25-11-13)19-4-5-21-15(9-19)10-22-14-1-2-16-17(8-14)24-12-23-16/h1-3,6,8,11,15H,4-5,7,9-10,12H2. The van der Waals surface area contributed by atoms with Gasteiger partial charge in [-0.3, -0.25) is 4.79 Å². The fourth-order valence-electron chi connectivity index (χ4n) is 2.88. The Balaban J connectivity index is 1.30. The van der Waals surface area contributed by atoms with Crippen molar-refractivity contribution in [1.29, 1.82) is 0 Å². The molecule has 132 valence electrons. The van der Waals surface area contributed by atoms with Crippen molar-refractivity contribution >= 4 is 17.2 Å². The van der Waals surface area contributed by atoms with Crippen LogP contribution in [0.4, 0.5) is 0 Å². The molecule has 1 fully saturated rings. The Morgan fingerprint density at radius 3 is 3.08 bits per heavy atom. The minimum atomic E-state index is -0.134. The Labute approximate surface area is 149 Å². The predicted octanol–water partition coefficient (Wildman–Crippen LogP) is 2.33. The minimum absolute atomic E-state index is 0.134. The second-order valence-electron chi connectivity index (χ2n) is 5.97. The summed E-state index contributed by atoms with van der Waals surface area (Å²) in [5.41, 5.74) is 1.06. The van der Waals surface area contributed by atoms with Crippen LogP contribution in [-0.2, 0) is 16.0 Å². The first-order valence-corrected chi connectivity index (χ1v) is 9.15. The molecule has 2 aliphatic rings. The molecule has 0 N–H and O–H groups in total. The van der Waals surface area contributed by atoms with E-state index in [1.807, 2.05) is 39.9 Å². The number of fused-ring (bicyclic) bond motifs is 1. The van der Waals surface area contributed by atoms with Crippen molar-refractivity contribution < 1.29 is 23.7 Å². The Hall–Kier alpha value is -2.25. The van der Waals surface area contributed by atoms with E-state index in [0.717, 1.165) is 11.3 Å². The zero-order valence-electron chi connectivity index (χ0n) is 13.7. The van der Waals surface area contributed by atoms with Gasteiger partial charge in [0.05, 0.1) is 19.6 Å². The summed E-state index contributed by atoms with van der Waals surface area (Å²) in [6.07, 6.45) is 0.310. The number of carbonyl (C=O) groups excluding carboxylic acids is 1. The molecule has 1 aromatic carbocycles. The van der Waals surface area contributed by atoms with Gasteiger partial charge in [0.25, 0.3) is 0 Å². The van der Waals surface area contributed by atoms with Crippen LogP contribution < -0.4 is 14.2 Å². The summed E-state index contributed by atoms with van der Waals surface area (Å²) >= 11 is 1.61. The van der Waals surface area contributed by atoms with Crippen LogP contribution in [0.5, 0.6) is 17.2 Å². The van der Waals surface area contributed by atoms with Crippen molar-refractivity contribution in [3.63, 3.8) is 0 Å². The molecule has 2 aromatic rings. The van der Waals surface area contributed by atoms with Gasteiger partial charge in [0, 0.05) is 12.6 Å². The molecule has 2 aliphatic heterocycles. The Morgan fingerprint density at radius 2 is 2.20 bits per heavy atom. The van der Waals surface area contributed by atoms with Gasteiger partial charge in [0.2, 0.25) is 12.7 Å². The number of morpholine rings is 1. The molecule has 0 spiro atoms. The van der Waals surface area contributed by atoms with Crippen LogP contribution in [0.25, 0.3) is 0 Å². The van der Waals surface area contributed by atoms with Crippen molar-refractivity contribution in [1.82, 2.24) is 4.90 Å². The number of nitrogens with zero attached hydrogens (tertiary/aromatic N) is 1. The van der Waals surface area contributed by atoms with Crippen LogP contribution in [0.15, 0.2) is 35.0 Å². The number of ether oxygens (including phenoxy) is 4. The Bertz CT molecular complexity index is 733. The topological polar surface area (TPSA) is 57.2 Å². The van der Waals surface area contributed by atoms with E-state index in [-0.39, 0.29) is 18.8 Å². The molecular formula is C18H19NO5S. The number of amides is 1. The average molecular weight is 361 g/mol.